The maximum atomic E-state index is 13.1. The Balaban J connectivity index is 1.83. The van der Waals surface area contributed by atoms with E-state index in [1.165, 1.54) is 0 Å². The Morgan fingerprint density at radius 1 is 1.61 bits per heavy atom. The summed E-state index contributed by atoms with van der Waals surface area (Å²) in [5.41, 5.74) is 7.15. The standard InChI is InChI=1S/C18H27N3O2/c1-11-5-12(2)9-18(8-11,3-4-22)16(20)17(23)21-14(10-19)6-13-7-15(13)21/h12-16,22H,1,3-9,20H2,2H3/t12?,13-,14+,15+,16-,18?/m1/s1. The maximum Gasteiger partial charge on any atom is 0.241 e. The van der Waals surface area contributed by atoms with Gasteiger partial charge in [0.1, 0.15) is 6.04 Å². The van der Waals surface area contributed by atoms with Crippen molar-refractivity contribution < 1.29 is 9.90 Å². The monoisotopic (exact) mass is 317 g/mol. The molecule has 3 N–H and O–H groups in total. The molecule has 126 valence electrons. The number of aliphatic hydroxyl groups is 1. The van der Waals surface area contributed by atoms with Gasteiger partial charge in [-0.1, -0.05) is 19.1 Å². The first-order chi connectivity index (χ1) is 10.9. The lowest BCUT2D eigenvalue weighted by Gasteiger charge is -2.45. The summed E-state index contributed by atoms with van der Waals surface area (Å²) < 4.78 is 0. The van der Waals surface area contributed by atoms with Crippen molar-refractivity contribution in [1.82, 2.24) is 4.90 Å². The van der Waals surface area contributed by atoms with Gasteiger partial charge in [-0.3, -0.25) is 4.79 Å². The summed E-state index contributed by atoms with van der Waals surface area (Å²) in [6, 6.07) is 1.49. The molecule has 0 aromatic rings. The summed E-state index contributed by atoms with van der Waals surface area (Å²) in [6.07, 6.45) is 4.80. The van der Waals surface area contributed by atoms with E-state index in [1.807, 2.05) is 0 Å². The van der Waals surface area contributed by atoms with Crippen LogP contribution in [-0.2, 0) is 4.79 Å². The number of hydrogen-bond acceptors (Lipinski definition) is 4. The molecular weight excluding hydrogens is 290 g/mol. The average Bonchev–Trinajstić information content (AvgIpc) is 3.15. The minimum atomic E-state index is -0.663. The molecule has 1 aliphatic heterocycles. The van der Waals surface area contributed by atoms with Gasteiger partial charge in [-0.05, 0) is 50.4 Å². The summed E-state index contributed by atoms with van der Waals surface area (Å²) in [4.78, 5) is 14.8. The fourth-order valence-corrected chi connectivity index (χ4v) is 5.02. The Hall–Kier alpha value is -1.38. The van der Waals surface area contributed by atoms with Gasteiger partial charge in [0, 0.05) is 18.1 Å². The molecule has 5 nitrogen and oxygen atoms in total. The van der Waals surface area contributed by atoms with Crippen LogP contribution >= 0.6 is 0 Å². The topological polar surface area (TPSA) is 90.3 Å². The zero-order valence-corrected chi connectivity index (χ0v) is 13.9. The molecule has 0 aromatic heterocycles. The largest absolute Gasteiger partial charge is 0.396 e. The van der Waals surface area contributed by atoms with E-state index in [-0.39, 0.29) is 24.6 Å². The number of piperidine rings is 1. The number of fused-ring (bicyclic) bond motifs is 1. The average molecular weight is 317 g/mol. The molecule has 0 aromatic carbocycles. The first kappa shape index (κ1) is 16.5. The highest BCUT2D eigenvalue weighted by atomic mass is 16.3. The number of carbonyl (C=O) groups is 1. The van der Waals surface area contributed by atoms with Crippen LogP contribution in [0.5, 0.6) is 0 Å². The molecule has 3 rings (SSSR count). The van der Waals surface area contributed by atoms with Gasteiger partial charge >= 0.3 is 0 Å². The van der Waals surface area contributed by atoms with E-state index in [0.717, 1.165) is 31.3 Å². The second kappa shape index (κ2) is 5.92. The van der Waals surface area contributed by atoms with Crippen LogP contribution < -0.4 is 5.73 Å². The lowest BCUT2D eigenvalue weighted by Crippen LogP contribution is -2.56. The smallest absolute Gasteiger partial charge is 0.241 e. The first-order valence-electron chi connectivity index (χ1n) is 8.66. The van der Waals surface area contributed by atoms with Crippen LogP contribution in [0.15, 0.2) is 12.2 Å². The number of likely N-dealkylation sites (tertiary alicyclic amines) is 1. The van der Waals surface area contributed by atoms with E-state index < -0.39 is 11.5 Å². The predicted molar refractivity (Wildman–Crippen MR) is 87.0 cm³/mol. The molecule has 23 heavy (non-hydrogen) atoms. The zero-order valence-electron chi connectivity index (χ0n) is 13.9. The van der Waals surface area contributed by atoms with Crippen LogP contribution in [0, 0.1) is 28.6 Å². The molecule has 3 fully saturated rings. The fraction of sp³-hybridized carbons (Fsp3) is 0.778. The molecule has 0 bridgehead atoms. The molecule has 2 saturated carbocycles. The Morgan fingerprint density at radius 3 is 2.96 bits per heavy atom. The number of nitrogens with zero attached hydrogens (tertiary/aromatic N) is 2. The molecule has 3 aliphatic rings. The van der Waals surface area contributed by atoms with E-state index in [4.69, 9.17) is 5.73 Å². The predicted octanol–water partition coefficient (Wildman–Crippen LogP) is 1.57. The number of aliphatic hydroxyl groups excluding tert-OH is 1. The van der Waals surface area contributed by atoms with Crippen LogP contribution in [-0.4, -0.2) is 40.6 Å². The number of hydrogen-bond donors (Lipinski definition) is 2. The van der Waals surface area contributed by atoms with Gasteiger partial charge in [0.2, 0.25) is 5.91 Å². The zero-order chi connectivity index (χ0) is 16.8. The normalized spacial score (nSPS) is 40.4. The van der Waals surface area contributed by atoms with E-state index in [1.54, 1.807) is 4.90 Å². The third kappa shape index (κ3) is 2.79. The van der Waals surface area contributed by atoms with E-state index in [9.17, 15) is 15.2 Å². The first-order valence-corrected chi connectivity index (χ1v) is 8.66. The summed E-state index contributed by atoms with van der Waals surface area (Å²) in [7, 11) is 0. The SMILES string of the molecule is C=C1CC(C)CC(CCO)([C@H](N)C(=O)N2[C@H](C#N)C[C@@H]3C[C@@H]32)C1. The minimum absolute atomic E-state index is 0.0225. The molecule has 6 atom stereocenters. The summed E-state index contributed by atoms with van der Waals surface area (Å²) in [6.45, 7) is 6.30. The van der Waals surface area contributed by atoms with Gasteiger partial charge in [0.25, 0.3) is 0 Å². The molecule has 1 heterocycles. The maximum absolute atomic E-state index is 13.1. The van der Waals surface area contributed by atoms with Crippen molar-refractivity contribution >= 4 is 5.91 Å². The molecule has 0 spiro atoms. The molecule has 1 saturated heterocycles. The fourth-order valence-electron chi connectivity index (χ4n) is 5.02. The van der Waals surface area contributed by atoms with E-state index in [2.05, 4.69) is 19.6 Å². The third-order valence-corrected chi connectivity index (χ3v) is 6.04. The Bertz CT molecular complexity index is 555. The van der Waals surface area contributed by atoms with Crippen molar-refractivity contribution in [3.8, 4) is 6.07 Å². The Labute approximate surface area is 138 Å². The Kier molecular flexibility index (Phi) is 4.24. The van der Waals surface area contributed by atoms with E-state index >= 15 is 0 Å². The lowest BCUT2D eigenvalue weighted by atomic mass is 9.62. The van der Waals surface area contributed by atoms with Gasteiger partial charge in [-0.15, -0.1) is 0 Å². The van der Waals surface area contributed by atoms with Crippen LogP contribution in [0.3, 0.4) is 0 Å². The van der Waals surface area contributed by atoms with Crippen LogP contribution in [0.25, 0.3) is 0 Å². The summed E-state index contributed by atoms with van der Waals surface area (Å²) >= 11 is 0. The number of allylic oxidation sites excluding steroid dienone is 1. The lowest BCUT2D eigenvalue weighted by molar-refractivity contribution is -0.138. The Morgan fingerprint density at radius 2 is 2.35 bits per heavy atom. The van der Waals surface area contributed by atoms with E-state index in [0.29, 0.717) is 24.7 Å². The number of carbonyl (C=O) groups excluding carboxylic acids is 1. The van der Waals surface area contributed by atoms with Gasteiger partial charge in [-0.2, -0.15) is 5.26 Å². The van der Waals surface area contributed by atoms with Crippen LogP contribution in [0.4, 0.5) is 0 Å². The second-order valence-corrected chi connectivity index (χ2v) is 7.94. The molecule has 2 unspecified atom stereocenters. The molecule has 1 amide bonds. The summed E-state index contributed by atoms with van der Waals surface area (Å²) in [5, 5.41) is 18.9. The second-order valence-electron chi connectivity index (χ2n) is 7.94. The van der Waals surface area contributed by atoms with Crippen molar-refractivity contribution in [3.05, 3.63) is 12.2 Å². The molecule has 2 aliphatic carbocycles. The van der Waals surface area contributed by atoms with Crippen LogP contribution in [0.2, 0.25) is 0 Å². The quantitative estimate of drug-likeness (QED) is 0.770. The molecule has 0 radical (unpaired) electrons. The molecular formula is C18H27N3O2. The van der Waals surface area contributed by atoms with Crippen molar-refractivity contribution in [2.75, 3.05) is 6.61 Å². The van der Waals surface area contributed by atoms with Crippen molar-refractivity contribution in [3.63, 3.8) is 0 Å². The van der Waals surface area contributed by atoms with Gasteiger partial charge in [-0.25, -0.2) is 0 Å². The third-order valence-electron chi connectivity index (χ3n) is 6.04. The number of nitriles is 1. The highest BCUT2D eigenvalue weighted by Crippen LogP contribution is 2.50. The number of nitrogens with two attached hydrogens (primary N) is 1. The summed E-state index contributed by atoms with van der Waals surface area (Å²) in [5.74, 6) is 0.808. The van der Waals surface area contributed by atoms with Gasteiger partial charge < -0.3 is 15.7 Å². The highest BCUT2D eigenvalue weighted by Gasteiger charge is 2.56. The van der Waals surface area contributed by atoms with Gasteiger partial charge in [0.15, 0.2) is 0 Å². The van der Waals surface area contributed by atoms with Gasteiger partial charge in [0.05, 0.1) is 12.1 Å². The van der Waals surface area contributed by atoms with Crippen molar-refractivity contribution in [1.29, 1.82) is 5.26 Å². The van der Waals surface area contributed by atoms with Crippen LogP contribution in [0.1, 0.15) is 45.4 Å². The minimum Gasteiger partial charge on any atom is -0.396 e. The molecule has 5 heteroatoms. The highest BCUT2D eigenvalue weighted by molar-refractivity contribution is 5.84. The van der Waals surface area contributed by atoms with Crippen molar-refractivity contribution in [2.24, 2.45) is 23.0 Å². The number of amides is 1. The number of rotatable bonds is 4. The van der Waals surface area contributed by atoms with Crippen molar-refractivity contribution in [2.45, 2.75) is 63.6 Å².